The van der Waals surface area contributed by atoms with Crippen molar-refractivity contribution in [3.63, 3.8) is 0 Å². The number of carbonyl (C=O) groups excluding carboxylic acids is 1. The Morgan fingerprint density at radius 3 is 2.45 bits per heavy atom. The molecule has 206 valence electrons. The van der Waals surface area contributed by atoms with Crippen LogP contribution in [0.1, 0.15) is 73.5 Å². The number of anilines is 3. The third-order valence-electron chi connectivity index (χ3n) is 8.02. The molecule has 9 nitrogen and oxygen atoms in total. The monoisotopic (exact) mass is 549 g/mol. The number of aliphatic hydroxyl groups excluding tert-OH is 1. The van der Waals surface area contributed by atoms with E-state index in [-0.39, 0.29) is 24.5 Å². The van der Waals surface area contributed by atoms with Crippen LogP contribution < -0.4 is 14.9 Å². The van der Waals surface area contributed by atoms with Crippen molar-refractivity contribution >= 4 is 33.0 Å². The summed E-state index contributed by atoms with van der Waals surface area (Å²) in [7, 11) is -3.71. The standard InChI is InChI=1S/C26H33F2N5O4S/c27-26(28)5-3-18(4-6-26)21-16-29-17-22(30-21)24(35)31-20-2-1-19(32-38(36,37)14-13-34)15-23(20)33-11-9-25(7-8-25)10-12-33/h1-2,15-18,32,34H,3-14H2,(H,31,35). The van der Waals surface area contributed by atoms with Gasteiger partial charge in [0.15, 0.2) is 0 Å². The van der Waals surface area contributed by atoms with Gasteiger partial charge in [0.2, 0.25) is 15.9 Å². The van der Waals surface area contributed by atoms with Crippen molar-refractivity contribution in [1.82, 2.24) is 9.97 Å². The van der Waals surface area contributed by atoms with Crippen molar-refractivity contribution in [2.24, 2.45) is 5.41 Å². The van der Waals surface area contributed by atoms with Gasteiger partial charge in [0.1, 0.15) is 5.69 Å². The van der Waals surface area contributed by atoms with Gasteiger partial charge >= 0.3 is 0 Å². The molecule has 1 aliphatic heterocycles. The van der Waals surface area contributed by atoms with Crippen LogP contribution in [0.15, 0.2) is 30.6 Å². The minimum absolute atomic E-state index is 0.0917. The summed E-state index contributed by atoms with van der Waals surface area (Å²) in [5, 5.41) is 11.9. The zero-order valence-corrected chi connectivity index (χ0v) is 21.9. The molecule has 0 bridgehead atoms. The summed E-state index contributed by atoms with van der Waals surface area (Å²) in [5.41, 5.74) is 2.60. The predicted octanol–water partition coefficient (Wildman–Crippen LogP) is 4.14. The van der Waals surface area contributed by atoms with Crippen molar-refractivity contribution < 1.29 is 27.1 Å². The highest BCUT2D eigenvalue weighted by Crippen LogP contribution is 2.54. The highest BCUT2D eigenvalue weighted by Gasteiger charge is 2.44. The maximum atomic E-state index is 13.6. The van der Waals surface area contributed by atoms with Gasteiger partial charge in [-0.1, -0.05) is 0 Å². The molecule has 1 saturated heterocycles. The Labute approximate surface area is 221 Å². The second-order valence-corrected chi connectivity index (χ2v) is 12.6. The molecule has 0 unspecified atom stereocenters. The first-order chi connectivity index (χ1) is 18.1. The molecule has 2 saturated carbocycles. The summed E-state index contributed by atoms with van der Waals surface area (Å²) in [6.07, 6.45) is 7.61. The first kappa shape index (κ1) is 26.7. The van der Waals surface area contributed by atoms with Gasteiger partial charge in [0.05, 0.1) is 41.3 Å². The summed E-state index contributed by atoms with van der Waals surface area (Å²) < 4.78 is 54.1. The van der Waals surface area contributed by atoms with Crippen molar-refractivity contribution in [3.05, 3.63) is 42.0 Å². The van der Waals surface area contributed by atoms with Gasteiger partial charge < -0.3 is 15.3 Å². The number of alkyl halides is 2. The smallest absolute Gasteiger partial charge is 0.275 e. The van der Waals surface area contributed by atoms with E-state index >= 15 is 0 Å². The molecule has 0 radical (unpaired) electrons. The van der Waals surface area contributed by atoms with E-state index < -0.39 is 34.2 Å². The Bertz CT molecular complexity index is 1280. The number of hydrogen-bond acceptors (Lipinski definition) is 7. The lowest BCUT2D eigenvalue weighted by Crippen LogP contribution is -2.35. The SMILES string of the molecule is O=C(Nc1ccc(NS(=O)(=O)CCO)cc1N1CCC2(CC1)CC2)c1cncc(C2CCC(F)(F)CC2)n1. The highest BCUT2D eigenvalue weighted by atomic mass is 32.2. The molecule has 2 heterocycles. The van der Waals surface area contributed by atoms with E-state index in [1.807, 2.05) is 0 Å². The van der Waals surface area contributed by atoms with Crippen molar-refractivity contribution in [2.45, 2.75) is 63.2 Å². The van der Waals surface area contributed by atoms with Crippen LogP contribution in [0.25, 0.3) is 0 Å². The number of nitrogens with one attached hydrogen (secondary N) is 2. The third-order valence-corrected chi connectivity index (χ3v) is 9.29. The number of sulfonamides is 1. The molecule has 2 aliphatic carbocycles. The molecule has 1 amide bonds. The van der Waals surface area contributed by atoms with Crippen LogP contribution in [-0.4, -0.2) is 60.8 Å². The number of rotatable bonds is 8. The summed E-state index contributed by atoms with van der Waals surface area (Å²) in [6, 6.07) is 4.90. The molecular formula is C26H33F2N5O4S. The summed E-state index contributed by atoms with van der Waals surface area (Å²) >= 11 is 0. The normalized spacial score (nSPS) is 20.8. The van der Waals surface area contributed by atoms with Crippen LogP contribution in [0.5, 0.6) is 0 Å². The largest absolute Gasteiger partial charge is 0.395 e. The van der Waals surface area contributed by atoms with Crippen LogP contribution in [-0.2, 0) is 10.0 Å². The van der Waals surface area contributed by atoms with E-state index in [1.54, 1.807) is 18.2 Å². The maximum Gasteiger partial charge on any atom is 0.275 e. The highest BCUT2D eigenvalue weighted by molar-refractivity contribution is 7.92. The number of benzene rings is 1. The number of amides is 1. The van der Waals surface area contributed by atoms with Crippen LogP contribution in [0.3, 0.4) is 0 Å². The molecule has 12 heteroatoms. The number of aliphatic hydroxyl groups is 1. The first-order valence-corrected chi connectivity index (χ1v) is 14.7. The van der Waals surface area contributed by atoms with Gasteiger partial charge in [-0.15, -0.1) is 0 Å². The zero-order chi connectivity index (χ0) is 27.0. The molecular weight excluding hydrogens is 516 g/mol. The number of halogens is 2. The lowest BCUT2D eigenvalue weighted by atomic mass is 9.85. The molecule has 3 aliphatic rings. The number of hydrogen-bond donors (Lipinski definition) is 3. The quantitative estimate of drug-likeness (QED) is 0.452. The molecule has 1 aromatic carbocycles. The lowest BCUT2D eigenvalue weighted by molar-refractivity contribution is -0.0385. The number of aromatic nitrogens is 2. The third kappa shape index (κ3) is 6.23. The molecule has 3 N–H and O–H groups in total. The fourth-order valence-electron chi connectivity index (χ4n) is 5.42. The van der Waals surface area contributed by atoms with Gasteiger partial charge in [-0.25, -0.2) is 22.2 Å². The fraction of sp³-hybridized carbons (Fsp3) is 0.577. The Balaban J connectivity index is 1.36. The Hall–Kier alpha value is -2.86. The van der Waals surface area contributed by atoms with Crippen LogP contribution >= 0.6 is 0 Å². The van der Waals surface area contributed by atoms with Crippen molar-refractivity contribution in [1.29, 1.82) is 0 Å². The Morgan fingerprint density at radius 1 is 1.08 bits per heavy atom. The van der Waals surface area contributed by atoms with Crippen LogP contribution in [0.4, 0.5) is 25.8 Å². The van der Waals surface area contributed by atoms with Crippen molar-refractivity contribution in [3.8, 4) is 0 Å². The molecule has 3 fully saturated rings. The minimum Gasteiger partial charge on any atom is -0.395 e. The molecule has 1 spiro atoms. The maximum absolute atomic E-state index is 13.6. The van der Waals surface area contributed by atoms with Gasteiger partial charge in [-0.2, -0.15) is 0 Å². The molecule has 2 aromatic rings. The van der Waals surface area contributed by atoms with Crippen LogP contribution in [0, 0.1) is 5.41 Å². The van der Waals surface area contributed by atoms with Gasteiger partial charge in [-0.05, 0) is 62.1 Å². The van der Waals surface area contributed by atoms with E-state index in [0.717, 1.165) is 25.9 Å². The molecule has 38 heavy (non-hydrogen) atoms. The molecule has 5 rings (SSSR count). The predicted molar refractivity (Wildman–Crippen MR) is 140 cm³/mol. The summed E-state index contributed by atoms with van der Waals surface area (Å²) in [4.78, 5) is 23.9. The average molecular weight is 550 g/mol. The lowest BCUT2D eigenvalue weighted by Gasteiger charge is -2.35. The molecule has 0 atom stereocenters. The number of nitrogens with zero attached hydrogens (tertiary/aromatic N) is 3. The average Bonchev–Trinajstić information content (AvgIpc) is 3.64. The second kappa shape index (κ2) is 10.4. The van der Waals surface area contributed by atoms with E-state index in [9.17, 15) is 22.0 Å². The van der Waals surface area contributed by atoms with Gasteiger partial charge in [0, 0.05) is 38.0 Å². The Kier molecular flexibility index (Phi) is 7.29. The van der Waals surface area contributed by atoms with Gasteiger partial charge in [0.25, 0.3) is 5.91 Å². The van der Waals surface area contributed by atoms with E-state index in [4.69, 9.17) is 5.11 Å². The Morgan fingerprint density at radius 2 is 1.79 bits per heavy atom. The van der Waals surface area contributed by atoms with Crippen LogP contribution in [0.2, 0.25) is 0 Å². The van der Waals surface area contributed by atoms with E-state index in [1.165, 1.54) is 25.2 Å². The number of piperidine rings is 1. The summed E-state index contributed by atoms with van der Waals surface area (Å²) in [5.74, 6) is -3.71. The zero-order valence-electron chi connectivity index (χ0n) is 21.1. The minimum atomic E-state index is -3.71. The van der Waals surface area contributed by atoms with E-state index in [2.05, 4.69) is 24.9 Å². The van der Waals surface area contributed by atoms with Crippen molar-refractivity contribution in [2.75, 3.05) is 40.4 Å². The second-order valence-electron chi connectivity index (χ2n) is 10.8. The summed E-state index contributed by atoms with van der Waals surface area (Å²) in [6.45, 7) is 1.09. The molecule has 1 aromatic heterocycles. The fourth-order valence-corrected chi connectivity index (χ4v) is 6.25. The topological polar surface area (TPSA) is 125 Å². The first-order valence-electron chi connectivity index (χ1n) is 13.1. The number of carbonyl (C=O) groups is 1. The van der Waals surface area contributed by atoms with Gasteiger partial charge in [-0.3, -0.25) is 14.5 Å². The van der Waals surface area contributed by atoms with E-state index in [0.29, 0.717) is 41.0 Å².